The zero-order valence-electron chi connectivity index (χ0n) is 8.97. The summed E-state index contributed by atoms with van der Waals surface area (Å²) >= 11 is 0. The first-order chi connectivity index (χ1) is 6.93. The Morgan fingerprint density at radius 2 is 1.80 bits per heavy atom. The van der Waals surface area contributed by atoms with Crippen molar-refractivity contribution in [1.29, 1.82) is 0 Å². The second kappa shape index (κ2) is 4.74. The predicted octanol–water partition coefficient (Wildman–Crippen LogP) is 0.438. The van der Waals surface area contributed by atoms with Gasteiger partial charge in [0.15, 0.2) is 9.84 Å². The lowest BCUT2D eigenvalue weighted by Gasteiger charge is -2.13. The van der Waals surface area contributed by atoms with Crippen LogP contribution in [-0.4, -0.2) is 33.3 Å². The molecule has 0 aromatic heterocycles. The van der Waals surface area contributed by atoms with Crippen molar-refractivity contribution in [1.82, 2.24) is 4.90 Å². The average molecular weight is 228 g/mol. The molecule has 1 rings (SSSR count). The van der Waals surface area contributed by atoms with Gasteiger partial charge in [0.2, 0.25) is 0 Å². The summed E-state index contributed by atoms with van der Waals surface area (Å²) in [5.74, 6) is 0. The monoisotopic (exact) mass is 228 g/mol. The minimum atomic E-state index is -3.09. The van der Waals surface area contributed by atoms with Gasteiger partial charge in [-0.3, -0.25) is 4.90 Å². The molecule has 0 fully saturated rings. The molecule has 2 N–H and O–H groups in total. The molecule has 0 unspecified atom stereocenters. The summed E-state index contributed by atoms with van der Waals surface area (Å²) in [5, 5.41) is 0. The molecule has 0 heterocycles. The number of benzene rings is 1. The minimum absolute atomic E-state index is 0.349. The van der Waals surface area contributed by atoms with Gasteiger partial charge in [0.05, 0.1) is 4.90 Å². The molecule has 84 valence electrons. The molecule has 1 aromatic carbocycles. The molecule has 0 amide bonds. The maximum absolute atomic E-state index is 11.2. The van der Waals surface area contributed by atoms with E-state index in [9.17, 15) is 8.42 Å². The Hall–Kier alpha value is -0.910. The third kappa shape index (κ3) is 3.62. The number of hydrogen-bond donors (Lipinski definition) is 1. The van der Waals surface area contributed by atoms with E-state index >= 15 is 0 Å². The van der Waals surface area contributed by atoms with Crippen molar-refractivity contribution in [3.63, 3.8) is 0 Å². The molecule has 4 nitrogen and oxygen atoms in total. The topological polar surface area (TPSA) is 63.4 Å². The van der Waals surface area contributed by atoms with Crippen LogP contribution in [0.3, 0.4) is 0 Å². The number of nitrogens with two attached hydrogens (primary N) is 1. The van der Waals surface area contributed by atoms with Crippen molar-refractivity contribution < 1.29 is 8.42 Å². The lowest BCUT2D eigenvalue weighted by atomic mass is 10.2. The van der Waals surface area contributed by atoms with Crippen molar-refractivity contribution >= 4 is 9.84 Å². The standard InChI is InChI=1S/C10H16N2O2S/c1-12(8-11)7-9-3-5-10(6-4-9)15(2,13)14/h3-6H,7-8,11H2,1-2H3. The van der Waals surface area contributed by atoms with Crippen molar-refractivity contribution in [2.45, 2.75) is 11.4 Å². The van der Waals surface area contributed by atoms with Gasteiger partial charge >= 0.3 is 0 Å². The van der Waals surface area contributed by atoms with Gasteiger partial charge in [-0.25, -0.2) is 8.42 Å². The van der Waals surface area contributed by atoms with Gasteiger partial charge in [-0.05, 0) is 24.7 Å². The van der Waals surface area contributed by atoms with Crippen LogP contribution in [0.25, 0.3) is 0 Å². The van der Waals surface area contributed by atoms with Crippen LogP contribution in [0, 0.1) is 0 Å². The SMILES string of the molecule is CN(CN)Cc1ccc(S(C)(=O)=O)cc1. The zero-order chi connectivity index (χ0) is 11.5. The molecule has 0 saturated carbocycles. The quantitative estimate of drug-likeness (QED) is 0.759. The third-order valence-corrected chi connectivity index (χ3v) is 3.24. The van der Waals surface area contributed by atoms with Gasteiger partial charge in [-0.15, -0.1) is 0 Å². The Bertz CT molecular complexity index is 412. The summed E-state index contributed by atoms with van der Waals surface area (Å²) in [6.45, 7) is 1.20. The van der Waals surface area contributed by atoms with E-state index in [2.05, 4.69) is 0 Å². The second-order valence-corrected chi connectivity index (χ2v) is 5.63. The van der Waals surface area contributed by atoms with Crippen LogP contribution >= 0.6 is 0 Å². The largest absolute Gasteiger partial charge is 0.318 e. The number of rotatable bonds is 4. The molecule has 0 atom stereocenters. The first-order valence-corrected chi connectivity index (χ1v) is 6.50. The van der Waals surface area contributed by atoms with Gasteiger partial charge in [-0.1, -0.05) is 12.1 Å². The van der Waals surface area contributed by atoms with E-state index in [-0.39, 0.29) is 0 Å². The fraction of sp³-hybridized carbons (Fsp3) is 0.400. The smallest absolute Gasteiger partial charge is 0.175 e. The Morgan fingerprint density at radius 1 is 1.27 bits per heavy atom. The highest BCUT2D eigenvalue weighted by atomic mass is 32.2. The maximum Gasteiger partial charge on any atom is 0.175 e. The normalized spacial score (nSPS) is 12.0. The molecular formula is C10H16N2O2S. The Morgan fingerprint density at radius 3 is 2.20 bits per heavy atom. The van der Waals surface area contributed by atoms with Crippen LogP contribution in [0.2, 0.25) is 0 Å². The highest BCUT2D eigenvalue weighted by molar-refractivity contribution is 7.90. The van der Waals surface area contributed by atoms with Crippen molar-refractivity contribution in [3.8, 4) is 0 Å². The van der Waals surface area contributed by atoms with Crippen LogP contribution < -0.4 is 5.73 Å². The minimum Gasteiger partial charge on any atom is -0.318 e. The van der Waals surface area contributed by atoms with Gasteiger partial charge in [0.25, 0.3) is 0 Å². The van der Waals surface area contributed by atoms with E-state index in [0.717, 1.165) is 12.1 Å². The molecule has 0 radical (unpaired) electrons. The summed E-state index contributed by atoms with van der Waals surface area (Å²) in [4.78, 5) is 2.29. The molecule has 1 aromatic rings. The van der Waals surface area contributed by atoms with Gasteiger partial charge < -0.3 is 5.73 Å². The summed E-state index contributed by atoms with van der Waals surface area (Å²) in [5.41, 5.74) is 6.50. The predicted molar refractivity (Wildman–Crippen MR) is 60.1 cm³/mol. The Labute approximate surface area is 90.6 Å². The van der Waals surface area contributed by atoms with Crippen molar-refractivity contribution in [2.75, 3.05) is 20.0 Å². The molecule has 0 aliphatic rings. The maximum atomic E-state index is 11.2. The van der Waals surface area contributed by atoms with E-state index in [0.29, 0.717) is 11.6 Å². The van der Waals surface area contributed by atoms with E-state index in [1.807, 2.05) is 24.1 Å². The molecule has 0 spiro atoms. The van der Waals surface area contributed by atoms with Crippen LogP contribution in [-0.2, 0) is 16.4 Å². The number of hydrogen-bond acceptors (Lipinski definition) is 4. The highest BCUT2D eigenvalue weighted by Crippen LogP contribution is 2.11. The van der Waals surface area contributed by atoms with Crippen LogP contribution in [0.1, 0.15) is 5.56 Å². The summed E-state index contributed by atoms with van der Waals surface area (Å²) < 4.78 is 22.4. The Balaban J connectivity index is 2.82. The summed E-state index contributed by atoms with van der Waals surface area (Å²) in [6.07, 6.45) is 1.20. The lowest BCUT2D eigenvalue weighted by Crippen LogP contribution is -2.24. The molecule has 0 aliphatic heterocycles. The van der Waals surface area contributed by atoms with E-state index < -0.39 is 9.84 Å². The fourth-order valence-corrected chi connectivity index (χ4v) is 1.85. The highest BCUT2D eigenvalue weighted by Gasteiger charge is 2.06. The Kier molecular flexibility index (Phi) is 3.84. The molecule has 5 heteroatoms. The van der Waals surface area contributed by atoms with Gasteiger partial charge in [-0.2, -0.15) is 0 Å². The van der Waals surface area contributed by atoms with E-state index in [4.69, 9.17) is 5.73 Å². The molecular weight excluding hydrogens is 212 g/mol. The molecule has 0 saturated heterocycles. The average Bonchev–Trinajstić information content (AvgIpc) is 2.17. The van der Waals surface area contributed by atoms with Crippen LogP contribution in [0.5, 0.6) is 0 Å². The first-order valence-electron chi connectivity index (χ1n) is 4.61. The van der Waals surface area contributed by atoms with Gasteiger partial charge in [0, 0.05) is 19.5 Å². The third-order valence-electron chi connectivity index (χ3n) is 2.12. The van der Waals surface area contributed by atoms with E-state index in [1.54, 1.807) is 12.1 Å². The molecule has 15 heavy (non-hydrogen) atoms. The molecule has 0 bridgehead atoms. The lowest BCUT2D eigenvalue weighted by molar-refractivity contribution is 0.337. The number of sulfone groups is 1. The first kappa shape index (κ1) is 12.2. The molecule has 0 aliphatic carbocycles. The van der Waals surface area contributed by atoms with Crippen molar-refractivity contribution in [2.24, 2.45) is 5.73 Å². The summed E-state index contributed by atoms with van der Waals surface area (Å²) in [7, 11) is -1.18. The fourth-order valence-electron chi connectivity index (χ4n) is 1.22. The van der Waals surface area contributed by atoms with Crippen LogP contribution in [0.15, 0.2) is 29.2 Å². The zero-order valence-corrected chi connectivity index (χ0v) is 9.79. The van der Waals surface area contributed by atoms with E-state index in [1.165, 1.54) is 6.26 Å². The number of nitrogens with zero attached hydrogens (tertiary/aromatic N) is 1. The van der Waals surface area contributed by atoms with Gasteiger partial charge in [0.1, 0.15) is 0 Å². The summed E-state index contributed by atoms with van der Waals surface area (Å²) in [6, 6.07) is 6.86. The second-order valence-electron chi connectivity index (χ2n) is 3.61. The van der Waals surface area contributed by atoms with Crippen LogP contribution in [0.4, 0.5) is 0 Å². The van der Waals surface area contributed by atoms with Crippen molar-refractivity contribution in [3.05, 3.63) is 29.8 Å².